The summed E-state index contributed by atoms with van der Waals surface area (Å²) < 4.78 is 31.0. The van der Waals surface area contributed by atoms with Gasteiger partial charge in [0.2, 0.25) is 5.84 Å². The van der Waals surface area contributed by atoms with Gasteiger partial charge >= 0.3 is 5.84 Å². The van der Waals surface area contributed by atoms with Crippen molar-refractivity contribution in [2.45, 2.75) is 37.9 Å². The van der Waals surface area contributed by atoms with Crippen molar-refractivity contribution in [3.8, 4) is 5.75 Å². The topological polar surface area (TPSA) is 158 Å². The molecule has 9 nitrogen and oxygen atoms in total. The molecule has 12 heteroatoms. The molecule has 2 heterocycles. The lowest BCUT2D eigenvalue weighted by atomic mass is 10.0. The SMILES string of the molecule is Cc1cc([C@H]([NH+]=C(NS)C(N)=Nc2csc(S(N)(=O)=O)c2O)C(C)C)oc1C. The Kier molecular flexibility index (Phi) is 6.80. The molecule has 0 radical (unpaired) electrons. The fourth-order valence-corrected chi connectivity index (χ4v) is 4.27. The minimum atomic E-state index is -4.05. The lowest BCUT2D eigenvalue weighted by Crippen LogP contribution is -2.80. The van der Waals surface area contributed by atoms with Crippen LogP contribution in [0.3, 0.4) is 0 Å². The van der Waals surface area contributed by atoms with Crippen molar-refractivity contribution in [2.75, 3.05) is 0 Å². The molecule has 0 aromatic carbocycles. The summed E-state index contributed by atoms with van der Waals surface area (Å²) in [5.41, 5.74) is 7.05. The molecule has 2 aromatic rings. The minimum Gasteiger partial charge on any atom is -0.504 e. The van der Waals surface area contributed by atoms with Gasteiger partial charge in [0.25, 0.3) is 10.0 Å². The van der Waals surface area contributed by atoms with Gasteiger partial charge in [0, 0.05) is 24.1 Å². The molecule has 2 rings (SSSR count). The van der Waals surface area contributed by atoms with Gasteiger partial charge in [-0.15, -0.1) is 11.3 Å². The predicted octanol–water partition coefficient (Wildman–Crippen LogP) is 0.610. The number of rotatable bonds is 5. The van der Waals surface area contributed by atoms with Crippen LogP contribution in [0.1, 0.15) is 37.0 Å². The highest BCUT2D eigenvalue weighted by Gasteiger charge is 2.25. The van der Waals surface area contributed by atoms with Gasteiger partial charge in [0.15, 0.2) is 16.0 Å². The second-order valence-electron chi connectivity index (χ2n) is 6.54. The van der Waals surface area contributed by atoms with E-state index < -0.39 is 15.8 Å². The molecule has 0 unspecified atom stereocenters. The van der Waals surface area contributed by atoms with Gasteiger partial charge in [-0.25, -0.2) is 23.3 Å². The van der Waals surface area contributed by atoms with E-state index >= 15 is 0 Å². The number of nitrogens with one attached hydrogen (secondary N) is 2. The number of hydrogen-bond acceptors (Lipinski definition) is 7. The lowest BCUT2D eigenvalue weighted by molar-refractivity contribution is -0.522. The van der Waals surface area contributed by atoms with Crippen molar-refractivity contribution in [3.63, 3.8) is 0 Å². The molecule has 1 atom stereocenters. The zero-order chi connectivity index (χ0) is 21.2. The summed E-state index contributed by atoms with van der Waals surface area (Å²) in [5.74, 6) is 1.38. The summed E-state index contributed by atoms with van der Waals surface area (Å²) in [6, 6.07) is 1.71. The minimum absolute atomic E-state index is 0.0137. The Balaban J connectivity index is 2.44. The van der Waals surface area contributed by atoms with Gasteiger partial charge in [-0.3, -0.25) is 4.99 Å². The predicted molar refractivity (Wildman–Crippen MR) is 112 cm³/mol. The molecule has 0 amide bonds. The maximum atomic E-state index is 11.4. The Hall–Kier alpha value is -2.02. The van der Waals surface area contributed by atoms with Crippen LogP contribution in [0.25, 0.3) is 0 Å². The van der Waals surface area contributed by atoms with Crippen LogP contribution in [0.5, 0.6) is 5.75 Å². The fourth-order valence-electron chi connectivity index (χ4n) is 2.43. The number of aryl methyl sites for hydroxylation is 2. The molecule has 0 aliphatic rings. The molecule has 0 aliphatic heterocycles. The standard InChI is InChI=1S/C16H23N5O4S3/c1-7(2)12(11-5-8(3)9(4)25-11)20-15(21-26)14(17)19-10-6-27-16(13(10)22)28(18,23)24/h5-7,12,22,26H,1-4H3,(H2,17,19)(H,20,21)(H2,18,23,24)/p+1/t12-/m1/s1. The second-order valence-corrected chi connectivity index (χ2v) is 9.40. The van der Waals surface area contributed by atoms with Crippen molar-refractivity contribution < 1.29 is 22.9 Å². The van der Waals surface area contributed by atoms with Crippen LogP contribution in [0.15, 0.2) is 25.1 Å². The van der Waals surface area contributed by atoms with E-state index in [-0.39, 0.29) is 33.5 Å². The molecule has 0 fully saturated rings. The third-order valence-electron chi connectivity index (χ3n) is 4.04. The number of thiol groups is 1. The Bertz CT molecular complexity index is 1000. The van der Waals surface area contributed by atoms with E-state index in [0.717, 1.165) is 28.4 Å². The summed E-state index contributed by atoms with van der Waals surface area (Å²) in [4.78, 5) is 7.28. The van der Waals surface area contributed by atoms with E-state index in [0.29, 0.717) is 0 Å². The van der Waals surface area contributed by atoms with Gasteiger partial charge in [0.1, 0.15) is 17.2 Å². The third kappa shape index (κ3) is 4.87. The lowest BCUT2D eigenvalue weighted by Gasteiger charge is -2.13. The monoisotopic (exact) mass is 446 g/mol. The average Bonchev–Trinajstić information content (AvgIpc) is 3.10. The van der Waals surface area contributed by atoms with Gasteiger partial charge in [0.05, 0.1) is 0 Å². The van der Waals surface area contributed by atoms with E-state index in [2.05, 4.69) is 27.5 Å². The van der Waals surface area contributed by atoms with E-state index in [1.807, 2.05) is 33.8 Å². The number of hydrogen-bond donors (Lipinski definition) is 6. The fraction of sp³-hybridized carbons (Fsp3) is 0.375. The zero-order valence-corrected chi connectivity index (χ0v) is 18.4. The summed E-state index contributed by atoms with van der Waals surface area (Å²) in [6.45, 7) is 7.87. The zero-order valence-electron chi connectivity index (χ0n) is 15.8. The number of sulfonamides is 1. The summed E-state index contributed by atoms with van der Waals surface area (Å²) >= 11 is 4.82. The van der Waals surface area contributed by atoms with Crippen LogP contribution in [-0.4, -0.2) is 25.2 Å². The molecular weight excluding hydrogens is 422 g/mol. The molecule has 0 saturated heterocycles. The molecule has 2 aromatic heterocycles. The van der Waals surface area contributed by atoms with Crippen LogP contribution in [0.2, 0.25) is 0 Å². The van der Waals surface area contributed by atoms with Crippen molar-refractivity contribution in [3.05, 3.63) is 28.5 Å². The van der Waals surface area contributed by atoms with Crippen molar-refractivity contribution in [2.24, 2.45) is 21.8 Å². The highest BCUT2D eigenvalue weighted by molar-refractivity contribution is 7.91. The number of furan rings is 1. The number of amidine groups is 2. The van der Waals surface area contributed by atoms with Crippen LogP contribution in [0.4, 0.5) is 5.69 Å². The Morgan fingerprint density at radius 1 is 1.43 bits per heavy atom. The summed E-state index contributed by atoms with van der Waals surface area (Å²) in [7, 11) is -4.05. The van der Waals surface area contributed by atoms with Crippen molar-refractivity contribution >= 4 is 51.5 Å². The Morgan fingerprint density at radius 3 is 2.50 bits per heavy atom. The Labute approximate surface area is 173 Å². The largest absolute Gasteiger partial charge is 0.504 e. The van der Waals surface area contributed by atoms with Crippen LogP contribution >= 0.6 is 24.2 Å². The van der Waals surface area contributed by atoms with Crippen molar-refractivity contribution in [1.29, 1.82) is 0 Å². The first-order valence-corrected chi connectivity index (χ1v) is 11.1. The first kappa shape index (κ1) is 22.3. The number of aliphatic imine (C=N–C) groups is 1. The summed E-state index contributed by atoms with van der Waals surface area (Å²) in [6.07, 6.45) is 0. The van der Waals surface area contributed by atoms with Gasteiger partial charge < -0.3 is 15.3 Å². The smallest absolute Gasteiger partial charge is 0.322 e. The van der Waals surface area contributed by atoms with E-state index in [1.165, 1.54) is 5.38 Å². The third-order valence-corrected chi connectivity index (χ3v) is 6.71. The quantitative estimate of drug-likeness (QED) is 0.224. The highest BCUT2D eigenvalue weighted by Crippen LogP contribution is 2.38. The van der Waals surface area contributed by atoms with E-state index in [1.54, 1.807) is 0 Å². The number of thiophene rings is 1. The number of nitrogens with zero attached hydrogens (tertiary/aromatic N) is 1. The number of primary sulfonamides is 1. The Morgan fingerprint density at radius 2 is 2.07 bits per heavy atom. The first-order valence-electron chi connectivity index (χ1n) is 8.24. The van der Waals surface area contributed by atoms with Crippen LogP contribution in [-0.2, 0) is 10.0 Å². The maximum absolute atomic E-state index is 11.4. The van der Waals surface area contributed by atoms with Crippen LogP contribution in [0, 0.1) is 19.8 Å². The molecule has 28 heavy (non-hydrogen) atoms. The number of aromatic hydroxyl groups is 1. The molecule has 154 valence electrons. The highest BCUT2D eigenvalue weighted by atomic mass is 32.2. The molecule has 0 bridgehead atoms. The van der Waals surface area contributed by atoms with E-state index in [9.17, 15) is 13.5 Å². The maximum Gasteiger partial charge on any atom is 0.322 e. The molecule has 0 spiro atoms. The van der Waals surface area contributed by atoms with Gasteiger partial charge in [-0.1, -0.05) is 13.8 Å². The normalized spacial score (nSPS) is 14.5. The van der Waals surface area contributed by atoms with Gasteiger partial charge in [-0.05, 0) is 25.5 Å². The molecule has 0 saturated carbocycles. The van der Waals surface area contributed by atoms with Gasteiger partial charge in [-0.2, -0.15) is 0 Å². The average molecular weight is 447 g/mol. The number of nitrogens with two attached hydrogens (primary N) is 2. The molecule has 7 N–H and O–H groups in total. The van der Waals surface area contributed by atoms with Crippen LogP contribution < -0.4 is 20.6 Å². The van der Waals surface area contributed by atoms with E-state index in [4.69, 9.17) is 15.3 Å². The molecular formula is C16H24N5O4S3+. The summed E-state index contributed by atoms with van der Waals surface area (Å²) in [5, 5.41) is 16.5. The first-order chi connectivity index (χ1) is 13.0. The molecule has 0 aliphatic carbocycles. The second kappa shape index (κ2) is 8.55. The van der Waals surface area contributed by atoms with Crippen molar-refractivity contribution in [1.82, 2.24) is 4.72 Å².